The van der Waals surface area contributed by atoms with E-state index in [0.29, 0.717) is 0 Å². The van der Waals surface area contributed by atoms with Gasteiger partial charge in [-0.1, -0.05) is 0 Å². The highest BCUT2D eigenvalue weighted by Gasteiger charge is 2.35. The summed E-state index contributed by atoms with van der Waals surface area (Å²) in [6.45, 7) is 8.46. The average molecular weight is 387 g/mol. The molecule has 4 aromatic rings. The summed E-state index contributed by atoms with van der Waals surface area (Å²) in [6.07, 6.45) is 2.02. The van der Waals surface area contributed by atoms with E-state index >= 15 is 0 Å². The molecular formula is C24H25N3O2. The van der Waals surface area contributed by atoms with Gasteiger partial charge in [0.1, 0.15) is 17.5 Å². The van der Waals surface area contributed by atoms with Crippen molar-refractivity contribution in [3.8, 4) is 5.75 Å². The molecule has 0 aliphatic carbocycles. The summed E-state index contributed by atoms with van der Waals surface area (Å²) in [5.74, 6) is 0.917. The highest BCUT2D eigenvalue weighted by atomic mass is 16.5. The van der Waals surface area contributed by atoms with Crippen LogP contribution in [0.15, 0.2) is 40.9 Å². The molecule has 2 aromatic heterocycles. The van der Waals surface area contributed by atoms with Crippen LogP contribution < -0.4 is 14.5 Å². The molecule has 5 nitrogen and oxygen atoms in total. The molecule has 3 heterocycles. The Kier molecular flexibility index (Phi) is 3.78. The molecule has 5 heteroatoms. The molecule has 0 saturated carbocycles. The van der Waals surface area contributed by atoms with Crippen molar-refractivity contribution < 1.29 is 9.15 Å². The van der Waals surface area contributed by atoms with Gasteiger partial charge >= 0.3 is 0 Å². The van der Waals surface area contributed by atoms with Gasteiger partial charge in [-0.25, -0.2) is 0 Å². The van der Waals surface area contributed by atoms with Crippen LogP contribution in [0.4, 0.5) is 17.1 Å². The summed E-state index contributed by atoms with van der Waals surface area (Å²) in [7, 11) is 3.88. The van der Waals surface area contributed by atoms with Crippen LogP contribution >= 0.6 is 0 Å². The first-order chi connectivity index (χ1) is 13.9. The quantitative estimate of drug-likeness (QED) is 0.432. The number of fused-ring (bicyclic) bond motifs is 5. The minimum atomic E-state index is 0.161. The number of hydrogen-bond donors (Lipinski definition) is 0. The molecule has 0 saturated heterocycles. The van der Waals surface area contributed by atoms with Gasteiger partial charge in [-0.2, -0.15) is 0 Å². The second kappa shape index (κ2) is 6.14. The minimum Gasteiger partial charge on any atom is -0.496 e. The molecular weight excluding hydrogens is 362 g/mol. The molecule has 0 amide bonds. The maximum atomic E-state index is 6.18. The molecule has 148 valence electrons. The molecule has 0 unspecified atom stereocenters. The fourth-order valence-corrected chi connectivity index (χ4v) is 4.61. The van der Waals surface area contributed by atoms with Crippen LogP contribution in [0.2, 0.25) is 0 Å². The van der Waals surface area contributed by atoms with E-state index in [1.54, 1.807) is 7.11 Å². The molecule has 0 radical (unpaired) electrons. The second-order valence-electron chi connectivity index (χ2n) is 7.91. The van der Waals surface area contributed by atoms with Crippen molar-refractivity contribution in [3.63, 3.8) is 0 Å². The normalized spacial score (nSPS) is 16.1. The number of aromatic nitrogens is 1. The van der Waals surface area contributed by atoms with Gasteiger partial charge in [0.05, 0.1) is 29.6 Å². The molecule has 29 heavy (non-hydrogen) atoms. The molecule has 1 aliphatic rings. The summed E-state index contributed by atoms with van der Waals surface area (Å²) in [5.41, 5.74) is 8.55. The number of methoxy groups -OCH3 is 1. The lowest BCUT2D eigenvalue weighted by atomic mass is 10.1. The maximum Gasteiger partial charge on any atom is 0.156 e. The minimum absolute atomic E-state index is 0.161. The molecule has 0 N–H and O–H groups in total. The Morgan fingerprint density at radius 3 is 2.62 bits per heavy atom. The topological polar surface area (TPSA) is 41.7 Å². The number of anilines is 3. The lowest BCUT2D eigenvalue weighted by Gasteiger charge is -2.29. The Bertz CT molecular complexity index is 1270. The highest BCUT2D eigenvalue weighted by molar-refractivity contribution is 6.16. The number of hydrogen-bond acceptors (Lipinski definition) is 5. The first-order valence-electron chi connectivity index (χ1n) is 9.90. The van der Waals surface area contributed by atoms with Gasteiger partial charge in [0, 0.05) is 29.9 Å². The summed E-state index contributed by atoms with van der Waals surface area (Å²) in [5, 5.41) is 2.26. The van der Waals surface area contributed by atoms with Crippen molar-refractivity contribution >= 4 is 39.0 Å². The molecule has 0 fully saturated rings. The summed E-state index contributed by atoms with van der Waals surface area (Å²) < 4.78 is 11.8. The summed E-state index contributed by atoms with van der Waals surface area (Å²) >= 11 is 0. The molecule has 1 aliphatic heterocycles. The van der Waals surface area contributed by atoms with Gasteiger partial charge in [-0.15, -0.1) is 0 Å². The van der Waals surface area contributed by atoms with Crippen molar-refractivity contribution in [1.82, 2.24) is 4.98 Å². The van der Waals surface area contributed by atoms with Crippen molar-refractivity contribution in [1.29, 1.82) is 0 Å². The number of rotatable bonds is 2. The molecule has 1 atom stereocenters. The Morgan fingerprint density at radius 1 is 1.07 bits per heavy atom. The Labute approximate surface area is 170 Å². The predicted molar refractivity (Wildman–Crippen MR) is 119 cm³/mol. The average Bonchev–Trinajstić information content (AvgIpc) is 3.20. The van der Waals surface area contributed by atoms with E-state index < -0.39 is 0 Å². The molecule has 0 bridgehead atoms. The number of nitrogens with zero attached hydrogens (tertiary/aromatic N) is 3. The summed E-state index contributed by atoms with van der Waals surface area (Å²) in [6, 6.07) is 10.6. The zero-order chi connectivity index (χ0) is 20.4. The first kappa shape index (κ1) is 17.9. The first-order valence-corrected chi connectivity index (χ1v) is 9.90. The van der Waals surface area contributed by atoms with E-state index in [1.165, 1.54) is 22.6 Å². The molecule has 0 spiro atoms. The smallest absolute Gasteiger partial charge is 0.156 e. The van der Waals surface area contributed by atoms with E-state index in [9.17, 15) is 0 Å². The van der Waals surface area contributed by atoms with Crippen LogP contribution in [0.5, 0.6) is 5.75 Å². The van der Waals surface area contributed by atoms with Gasteiger partial charge in [-0.05, 0) is 63.6 Å². The summed E-state index contributed by atoms with van der Waals surface area (Å²) in [4.78, 5) is 9.13. The maximum absolute atomic E-state index is 6.18. The number of aryl methyl sites for hydroxylation is 2. The second-order valence-corrected chi connectivity index (χ2v) is 7.91. The number of benzene rings is 2. The van der Waals surface area contributed by atoms with E-state index in [-0.39, 0.29) is 6.17 Å². The van der Waals surface area contributed by atoms with Crippen molar-refractivity contribution in [2.75, 3.05) is 24.0 Å². The fraction of sp³-hybridized carbons (Fsp3) is 0.292. The zero-order valence-corrected chi connectivity index (χ0v) is 17.7. The van der Waals surface area contributed by atoms with E-state index in [2.05, 4.69) is 72.9 Å². The molecule has 5 rings (SSSR count). The molecule has 2 aromatic carbocycles. The van der Waals surface area contributed by atoms with Gasteiger partial charge in [0.25, 0.3) is 0 Å². The third-order valence-electron chi connectivity index (χ3n) is 6.19. The number of ether oxygens (including phenoxy) is 1. The van der Waals surface area contributed by atoms with Gasteiger partial charge in [-0.3, -0.25) is 4.98 Å². The van der Waals surface area contributed by atoms with Crippen LogP contribution in [0.1, 0.15) is 23.7 Å². The van der Waals surface area contributed by atoms with Crippen molar-refractivity contribution in [2.45, 2.75) is 33.9 Å². The third kappa shape index (κ3) is 2.36. The largest absolute Gasteiger partial charge is 0.496 e. The predicted octanol–water partition coefficient (Wildman–Crippen LogP) is 5.85. The van der Waals surface area contributed by atoms with Crippen LogP contribution in [0.25, 0.3) is 21.9 Å². The SMILES string of the molecule is COc1cc(C)cc(N2c3ccc4oc5c(C)nccc5c4c3N(C)[C@@H]2C)c1C. The number of furan rings is 1. The van der Waals surface area contributed by atoms with Gasteiger partial charge in [0.2, 0.25) is 0 Å². The van der Waals surface area contributed by atoms with Gasteiger partial charge in [0.15, 0.2) is 5.58 Å². The number of pyridine rings is 1. The highest BCUT2D eigenvalue weighted by Crippen LogP contribution is 2.51. The monoisotopic (exact) mass is 387 g/mol. The van der Waals surface area contributed by atoms with Crippen LogP contribution in [0, 0.1) is 20.8 Å². The lowest BCUT2D eigenvalue weighted by molar-refractivity contribution is 0.411. The van der Waals surface area contributed by atoms with Crippen LogP contribution in [-0.2, 0) is 0 Å². The van der Waals surface area contributed by atoms with Crippen molar-refractivity contribution in [3.05, 3.63) is 53.3 Å². The Morgan fingerprint density at radius 2 is 1.86 bits per heavy atom. The lowest BCUT2D eigenvalue weighted by Crippen LogP contribution is -2.36. The van der Waals surface area contributed by atoms with Gasteiger partial charge < -0.3 is 19.0 Å². The standard InChI is InChI=1S/C24H25N3O2/c1-13-11-19(14(2)21(12-13)28-6)27-16(4)26(5)23-18(27)7-8-20-22(23)17-9-10-25-15(3)24(17)29-20/h7-12,16H,1-6H3/t16-/m0/s1. The Balaban J connectivity index is 1.82. The van der Waals surface area contributed by atoms with E-state index in [4.69, 9.17) is 9.15 Å². The van der Waals surface area contributed by atoms with Crippen molar-refractivity contribution in [2.24, 2.45) is 0 Å². The van der Waals surface area contributed by atoms with Crippen LogP contribution in [0.3, 0.4) is 0 Å². The van der Waals surface area contributed by atoms with Crippen LogP contribution in [-0.4, -0.2) is 25.3 Å². The van der Waals surface area contributed by atoms with E-state index in [0.717, 1.165) is 38.9 Å². The Hall–Kier alpha value is -3.21. The fourth-order valence-electron chi connectivity index (χ4n) is 4.61. The van der Waals surface area contributed by atoms with E-state index in [1.807, 2.05) is 13.1 Å². The zero-order valence-electron chi connectivity index (χ0n) is 17.7. The third-order valence-corrected chi connectivity index (χ3v) is 6.19.